The van der Waals surface area contributed by atoms with Crippen molar-refractivity contribution in [2.24, 2.45) is 0 Å². The molecule has 0 spiro atoms. The number of amides is 2. The van der Waals surface area contributed by atoms with Gasteiger partial charge in [0.2, 0.25) is 5.91 Å². The van der Waals surface area contributed by atoms with E-state index in [1.54, 1.807) is 35.0 Å². The standard InChI is InChI=1S/C24H25ClN4O2/c1-17-8-10-19(11-9-17)16-29-23(25)21(18(2)28-29)12-13-22(30)26-14-15-27-24(31)20-6-4-3-5-7-20/h3-13H,14-16H2,1-2H3,(H,26,30)(H,27,31)/b13-12+. The second-order valence-electron chi connectivity index (χ2n) is 7.18. The van der Waals surface area contributed by atoms with E-state index in [2.05, 4.69) is 15.7 Å². The minimum absolute atomic E-state index is 0.172. The summed E-state index contributed by atoms with van der Waals surface area (Å²) < 4.78 is 1.72. The summed E-state index contributed by atoms with van der Waals surface area (Å²) in [5, 5.41) is 10.5. The Labute approximate surface area is 186 Å². The van der Waals surface area contributed by atoms with Crippen LogP contribution in [0.5, 0.6) is 0 Å². The lowest BCUT2D eigenvalue weighted by atomic mass is 10.1. The second kappa shape index (κ2) is 10.6. The van der Waals surface area contributed by atoms with Crippen molar-refractivity contribution in [3.63, 3.8) is 0 Å². The van der Waals surface area contributed by atoms with Gasteiger partial charge >= 0.3 is 0 Å². The van der Waals surface area contributed by atoms with Crippen LogP contribution >= 0.6 is 11.6 Å². The molecule has 0 atom stereocenters. The van der Waals surface area contributed by atoms with Gasteiger partial charge in [-0.3, -0.25) is 9.59 Å². The van der Waals surface area contributed by atoms with Gasteiger partial charge in [0.15, 0.2) is 0 Å². The van der Waals surface area contributed by atoms with Gasteiger partial charge in [0.1, 0.15) is 5.15 Å². The quantitative estimate of drug-likeness (QED) is 0.417. The van der Waals surface area contributed by atoms with Crippen molar-refractivity contribution in [3.05, 3.63) is 93.8 Å². The van der Waals surface area contributed by atoms with Crippen LogP contribution in [0.4, 0.5) is 0 Å². The first-order chi connectivity index (χ1) is 14.9. The summed E-state index contributed by atoms with van der Waals surface area (Å²) in [6.07, 6.45) is 3.08. The van der Waals surface area contributed by atoms with Gasteiger partial charge in [-0.25, -0.2) is 4.68 Å². The topological polar surface area (TPSA) is 76.0 Å². The third kappa shape index (κ3) is 6.30. The molecule has 160 valence electrons. The Kier molecular flexibility index (Phi) is 7.62. The summed E-state index contributed by atoms with van der Waals surface area (Å²) in [5.74, 6) is -0.440. The normalized spacial score (nSPS) is 10.9. The summed E-state index contributed by atoms with van der Waals surface area (Å²) in [4.78, 5) is 24.1. The summed E-state index contributed by atoms with van der Waals surface area (Å²) in [6.45, 7) is 5.11. The molecule has 1 aromatic heterocycles. The van der Waals surface area contributed by atoms with Gasteiger partial charge < -0.3 is 10.6 Å². The van der Waals surface area contributed by atoms with Crippen molar-refractivity contribution in [1.82, 2.24) is 20.4 Å². The van der Waals surface area contributed by atoms with Crippen molar-refractivity contribution in [1.29, 1.82) is 0 Å². The number of hydrogen-bond acceptors (Lipinski definition) is 3. The Balaban J connectivity index is 1.50. The van der Waals surface area contributed by atoms with Crippen molar-refractivity contribution < 1.29 is 9.59 Å². The number of aryl methyl sites for hydroxylation is 2. The molecule has 2 amide bonds. The van der Waals surface area contributed by atoms with Crippen LogP contribution in [0.3, 0.4) is 0 Å². The summed E-state index contributed by atoms with van der Waals surface area (Å²) in [6, 6.07) is 17.1. The van der Waals surface area contributed by atoms with Gasteiger partial charge in [-0.2, -0.15) is 5.10 Å². The lowest BCUT2D eigenvalue weighted by Crippen LogP contribution is -2.33. The molecular formula is C24H25ClN4O2. The van der Waals surface area contributed by atoms with Gasteiger partial charge in [-0.05, 0) is 37.6 Å². The third-order valence-electron chi connectivity index (χ3n) is 4.71. The Morgan fingerprint density at radius 1 is 1.00 bits per heavy atom. The molecule has 2 N–H and O–H groups in total. The Hall–Kier alpha value is -3.38. The van der Waals surface area contributed by atoms with Crippen LogP contribution in [-0.2, 0) is 11.3 Å². The lowest BCUT2D eigenvalue weighted by Gasteiger charge is -2.05. The van der Waals surface area contributed by atoms with Crippen LogP contribution in [0.2, 0.25) is 5.15 Å². The van der Waals surface area contributed by atoms with E-state index in [9.17, 15) is 9.59 Å². The molecule has 0 aliphatic heterocycles. The van der Waals surface area contributed by atoms with E-state index in [1.165, 1.54) is 11.6 Å². The molecule has 0 aliphatic rings. The molecule has 1 heterocycles. The van der Waals surface area contributed by atoms with E-state index in [-0.39, 0.29) is 11.8 Å². The van der Waals surface area contributed by atoms with Gasteiger partial charge in [-0.15, -0.1) is 0 Å². The number of halogens is 1. The number of carbonyl (C=O) groups excluding carboxylic acids is 2. The SMILES string of the molecule is Cc1ccc(Cn2nc(C)c(/C=C/C(=O)NCCNC(=O)c3ccccc3)c2Cl)cc1. The zero-order valence-electron chi connectivity index (χ0n) is 17.6. The zero-order valence-corrected chi connectivity index (χ0v) is 18.3. The molecule has 6 nitrogen and oxygen atoms in total. The first-order valence-electron chi connectivity index (χ1n) is 10.0. The fraction of sp³-hybridized carbons (Fsp3) is 0.208. The molecule has 0 fully saturated rings. The summed E-state index contributed by atoms with van der Waals surface area (Å²) in [5.41, 5.74) is 4.33. The van der Waals surface area contributed by atoms with E-state index in [1.807, 2.05) is 44.2 Å². The average molecular weight is 437 g/mol. The summed E-state index contributed by atoms with van der Waals surface area (Å²) >= 11 is 6.48. The zero-order chi connectivity index (χ0) is 22.2. The van der Waals surface area contributed by atoms with Crippen molar-refractivity contribution in [3.8, 4) is 0 Å². The number of aromatic nitrogens is 2. The van der Waals surface area contributed by atoms with Gasteiger partial charge in [-0.1, -0.05) is 59.6 Å². The maximum Gasteiger partial charge on any atom is 0.251 e. The maximum absolute atomic E-state index is 12.1. The molecule has 7 heteroatoms. The molecule has 0 unspecified atom stereocenters. The van der Waals surface area contributed by atoms with Crippen molar-refractivity contribution in [2.45, 2.75) is 20.4 Å². The molecule has 3 rings (SSSR count). The minimum atomic E-state index is -0.268. The number of hydrogen-bond donors (Lipinski definition) is 2. The smallest absolute Gasteiger partial charge is 0.251 e. The highest BCUT2D eigenvalue weighted by molar-refractivity contribution is 6.31. The first-order valence-corrected chi connectivity index (χ1v) is 10.4. The molecule has 0 aliphatic carbocycles. The monoisotopic (exact) mass is 436 g/mol. The van der Waals surface area contributed by atoms with Crippen LogP contribution < -0.4 is 10.6 Å². The van der Waals surface area contributed by atoms with Crippen LogP contribution in [0.15, 0.2) is 60.7 Å². The van der Waals surface area contributed by atoms with Crippen molar-refractivity contribution in [2.75, 3.05) is 13.1 Å². The molecule has 0 saturated heterocycles. The number of rotatable bonds is 8. The number of nitrogens with zero attached hydrogens (tertiary/aromatic N) is 2. The highest BCUT2D eigenvalue weighted by Crippen LogP contribution is 2.22. The number of nitrogens with one attached hydrogen (secondary N) is 2. The fourth-order valence-electron chi connectivity index (χ4n) is 3.00. The largest absolute Gasteiger partial charge is 0.351 e. The third-order valence-corrected chi connectivity index (χ3v) is 5.11. The highest BCUT2D eigenvalue weighted by atomic mass is 35.5. The van der Waals surface area contributed by atoms with Crippen LogP contribution in [0.1, 0.15) is 32.7 Å². The molecular weight excluding hydrogens is 412 g/mol. The molecule has 0 bridgehead atoms. The Morgan fingerprint density at radius 2 is 1.68 bits per heavy atom. The van der Waals surface area contributed by atoms with Gasteiger partial charge in [0, 0.05) is 30.3 Å². The van der Waals surface area contributed by atoms with E-state index < -0.39 is 0 Å². The van der Waals surface area contributed by atoms with Crippen LogP contribution in [0, 0.1) is 13.8 Å². The first kappa shape index (κ1) is 22.3. The Morgan fingerprint density at radius 3 is 2.39 bits per heavy atom. The molecule has 0 radical (unpaired) electrons. The molecule has 0 saturated carbocycles. The molecule has 31 heavy (non-hydrogen) atoms. The average Bonchev–Trinajstić information content (AvgIpc) is 3.04. The van der Waals surface area contributed by atoms with Gasteiger partial charge in [0.05, 0.1) is 12.2 Å². The van der Waals surface area contributed by atoms with Gasteiger partial charge in [0.25, 0.3) is 5.91 Å². The van der Waals surface area contributed by atoms with Crippen molar-refractivity contribution >= 4 is 29.5 Å². The second-order valence-corrected chi connectivity index (χ2v) is 7.54. The van der Waals surface area contributed by atoms with Crippen LogP contribution in [0.25, 0.3) is 6.08 Å². The van der Waals surface area contributed by atoms with E-state index >= 15 is 0 Å². The number of benzene rings is 2. The van der Waals surface area contributed by atoms with E-state index in [0.717, 1.165) is 11.3 Å². The predicted molar refractivity (Wildman–Crippen MR) is 123 cm³/mol. The highest BCUT2D eigenvalue weighted by Gasteiger charge is 2.12. The summed E-state index contributed by atoms with van der Waals surface area (Å²) in [7, 11) is 0. The Bertz CT molecular complexity index is 1070. The van der Waals surface area contributed by atoms with Crippen LogP contribution in [-0.4, -0.2) is 34.7 Å². The minimum Gasteiger partial charge on any atom is -0.351 e. The lowest BCUT2D eigenvalue weighted by molar-refractivity contribution is -0.116. The number of carbonyl (C=O) groups is 2. The fourth-order valence-corrected chi connectivity index (χ4v) is 3.30. The molecule has 2 aromatic carbocycles. The van der Waals surface area contributed by atoms with E-state index in [0.29, 0.717) is 35.9 Å². The van der Waals surface area contributed by atoms with E-state index in [4.69, 9.17) is 11.6 Å². The maximum atomic E-state index is 12.1. The molecule has 3 aromatic rings. The predicted octanol–water partition coefficient (Wildman–Crippen LogP) is 3.76.